The molecule has 0 spiro atoms. The van der Waals surface area contributed by atoms with Crippen LogP contribution < -0.4 is 11.1 Å². The number of rotatable bonds is 3. The predicted octanol–water partition coefficient (Wildman–Crippen LogP) is 4.13. The number of anilines is 3. The SMILES string of the molecule is CN(C)C(=O)c1ccc(N)cc1Nc1ccc(Br)cc1Cl. The molecule has 0 aliphatic heterocycles. The summed E-state index contributed by atoms with van der Waals surface area (Å²) < 4.78 is 0.884. The number of benzene rings is 2. The number of nitrogens with two attached hydrogens (primary N) is 1. The molecular weight excluding hydrogens is 354 g/mol. The normalized spacial score (nSPS) is 10.3. The molecule has 2 rings (SSSR count). The van der Waals surface area contributed by atoms with Crippen LogP contribution in [0.1, 0.15) is 10.4 Å². The summed E-state index contributed by atoms with van der Waals surface area (Å²) in [6.45, 7) is 0. The molecular formula is C15H15BrClN3O. The van der Waals surface area contributed by atoms with Crippen LogP contribution in [0, 0.1) is 0 Å². The van der Waals surface area contributed by atoms with Crippen molar-refractivity contribution in [3.05, 3.63) is 51.5 Å². The Balaban J connectivity index is 2.43. The van der Waals surface area contributed by atoms with Crippen molar-refractivity contribution in [1.29, 1.82) is 0 Å². The number of nitrogens with one attached hydrogen (secondary N) is 1. The summed E-state index contributed by atoms with van der Waals surface area (Å²) in [5.41, 5.74) is 8.25. The van der Waals surface area contributed by atoms with Gasteiger partial charge in [0.05, 0.1) is 22.0 Å². The third-order valence-electron chi connectivity index (χ3n) is 2.88. The molecule has 0 heterocycles. The van der Waals surface area contributed by atoms with Gasteiger partial charge >= 0.3 is 0 Å². The van der Waals surface area contributed by atoms with Gasteiger partial charge in [-0.15, -0.1) is 0 Å². The summed E-state index contributed by atoms with van der Waals surface area (Å²) in [6.07, 6.45) is 0. The van der Waals surface area contributed by atoms with Crippen LogP contribution in [0.3, 0.4) is 0 Å². The number of halogens is 2. The molecule has 6 heteroatoms. The summed E-state index contributed by atoms with van der Waals surface area (Å²) >= 11 is 9.55. The number of nitrogens with zero attached hydrogens (tertiary/aromatic N) is 1. The molecule has 0 aromatic heterocycles. The Labute approximate surface area is 137 Å². The van der Waals surface area contributed by atoms with E-state index in [-0.39, 0.29) is 5.91 Å². The van der Waals surface area contributed by atoms with Gasteiger partial charge < -0.3 is 16.0 Å². The number of carbonyl (C=O) groups excluding carboxylic acids is 1. The first-order valence-corrected chi connectivity index (χ1v) is 7.39. The Morgan fingerprint density at radius 1 is 1.19 bits per heavy atom. The lowest BCUT2D eigenvalue weighted by Crippen LogP contribution is -2.22. The number of hydrogen-bond donors (Lipinski definition) is 2. The van der Waals surface area contributed by atoms with Crippen molar-refractivity contribution < 1.29 is 4.79 Å². The zero-order chi connectivity index (χ0) is 15.6. The van der Waals surface area contributed by atoms with Crippen molar-refractivity contribution in [3.63, 3.8) is 0 Å². The van der Waals surface area contributed by atoms with Gasteiger partial charge in [-0.1, -0.05) is 27.5 Å². The first-order chi connectivity index (χ1) is 9.88. The zero-order valence-corrected chi connectivity index (χ0v) is 14.0. The molecule has 1 amide bonds. The van der Waals surface area contributed by atoms with Crippen LogP contribution in [0.5, 0.6) is 0 Å². The van der Waals surface area contributed by atoms with Crippen LogP contribution >= 0.6 is 27.5 Å². The maximum absolute atomic E-state index is 12.2. The third-order valence-corrected chi connectivity index (χ3v) is 3.69. The fraction of sp³-hybridized carbons (Fsp3) is 0.133. The Bertz CT molecular complexity index is 689. The molecule has 4 nitrogen and oxygen atoms in total. The van der Waals surface area contributed by atoms with Crippen molar-refractivity contribution in [2.24, 2.45) is 0 Å². The summed E-state index contributed by atoms with van der Waals surface area (Å²) in [4.78, 5) is 13.7. The molecule has 21 heavy (non-hydrogen) atoms. The third kappa shape index (κ3) is 3.68. The monoisotopic (exact) mass is 367 g/mol. The van der Waals surface area contributed by atoms with Gasteiger partial charge in [-0.25, -0.2) is 0 Å². The first-order valence-electron chi connectivity index (χ1n) is 6.21. The van der Waals surface area contributed by atoms with Crippen LogP contribution in [0.4, 0.5) is 17.1 Å². The molecule has 110 valence electrons. The maximum atomic E-state index is 12.2. The quantitative estimate of drug-likeness (QED) is 0.801. The van der Waals surface area contributed by atoms with Gasteiger partial charge in [0.2, 0.25) is 0 Å². The maximum Gasteiger partial charge on any atom is 0.255 e. The summed E-state index contributed by atoms with van der Waals surface area (Å²) in [5.74, 6) is -0.106. The second-order valence-electron chi connectivity index (χ2n) is 4.75. The van der Waals surface area contributed by atoms with Crippen molar-refractivity contribution in [3.8, 4) is 0 Å². The molecule has 3 N–H and O–H groups in total. The number of carbonyl (C=O) groups is 1. The Morgan fingerprint density at radius 2 is 1.90 bits per heavy atom. The van der Waals surface area contributed by atoms with Crippen molar-refractivity contribution >= 4 is 50.5 Å². The fourth-order valence-corrected chi connectivity index (χ4v) is 2.55. The van der Waals surface area contributed by atoms with Gasteiger partial charge in [0.1, 0.15) is 0 Å². The molecule has 0 aliphatic rings. The molecule has 0 unspecified atom stereocenters. The lowest BCUT2D eigenvalue weighted by atomic mass is 10.1. The van der Waals surface area contributed by atoms with E-state index in [0.29, 0.717) is 27.6 Å². The number of nitrogen functional groups attached to an aromatic ring is 1. The molecule has 0 aliphatic carbocycles. The second-order valence-corrected chi connectivity index (χ2v) is 6.08. The first kappa shape index (κ1) is 15.7. The fourth-order valence-electron chi connectivity index (χ4n) is 1.83. The molecule has 2 aromatic carbocycles. The number of amides is 1. The van der Waals surface area contributed by atoms with Gasteiger partial charge in [-0.2, -0.15) is 0 Å². The highest BCUT2D eigenvalue weighted by molar-refractivity contribution is 9.10. The predicted molar refractivity (Wildman–Crippen MR) is 91.3 cm³/mol. The molecule has 0 saturated carbocycles. The van der Waals surface area contributed by atoms with Gasteiger partial charge in [0.25, 0.3) is 5.91 Å². The Kier molecular flexibility index (Phi) is 4.75. The van der Waals surface area contributed by atoms with E-state index in [0.717, 1.165) is 4.47 Å². The summed E-state index contributed by atoms with van der Waals surface area (Å²) in [6, 6.07) is 10.6. The topological polar surface area (TPSA) is 58.4 Å². The van der Waals surface area contributed by atoms with Crippen LogP contribution in [0.25, 0.3) is 0 Å². The number of hydrogen-bond acceptors (Lipinski definition) is 3. The van der Waals surface area contributed by atoms with E-state index in [1.807, 2.05) is 12.1 Å². The van der Waals surface area contributed by atoms with E-state index in [4.69, 9.17) is 17.3 Å². The van der Waals surface area contributed by atoms with E-state index < -0.39 is 0 Å². The average Bonchev–Trinajstić information content (AvgIpc) is 2.41. The minimum absolute atomic E-state index is 0.106. The van der Waals surface area contributed by atoms with Crippen LogP contribution in [-0.4, -0.2) is 24.9 Å². The highest BCUT2D eigenvalue weighted by atomic mass is 79.9. The average molecular weight is 369 g/mol. The highest BCUT2D eigenvalue weighted by Crippen LogP contribution is 2.31. The zero-order valence-electron chi connectivity index (χ0n) is 11.7. The largest absolute Gasteiger partial charge is 0.399 e. The van der Waals surface area contributed by atoms with Crippen LogP contribution in [0.2, 0.25) is 5.02 Å². The van der Waals surface area contributed by atoms with E-state index in [9.17, 15) is 4.79 Å². The molecule has 0 saturated heterocycles. The highest BCUT2D eigenvalue weighted by Gasteiger charge is 2.14. The Hall–Kier alpha value is -1.72. The standard InChI is InChI=1S/C15H15BrClN3O/c1-20(2)15(21)11-5-4-10(18)8-14(11)19-13-6-3-9(16)7-12(13)17/h3-8,19H,18H2,1-2H3. The van der Waals surface area contributed by atoms with E-state index >= 15 is 0 Å². The minimum atomic E-state index is -0.106. The van der Waals surface area contributed by atoms with Gasteiger partial charge in [0.15, 0.2) is 0 Å². The summed E-state index contributed by atoms with van der Waals surface area (Å²) in [5, 5.41) is 3.72. The van der Waals surface area contributed by atoms with Gasteiger partial charge in [0, 0.05) is 24.3 Å². The molecule has 0 fully saturated rings. The van der Waals surface area contributed by atoms with Gasteiger partial charge in [-0.05, 0) is 36.4 Å². The van der Waals surface area contributed by atoms with Crippen molar-refractivity contribution in [1.82, 2.24) is 4.90 Å². The van der Waals surface area contributed by atoms with Crippen molar-refractivity contribution in [2.75, 3.05) is 25.1 Å². The Morgan fingerprint density at radius 3 is 2.52 bits per heavy atom. The van der Waals surface area contributed by atoms with Gasteiger partial charge in [-0.3, -0.25) is 4.79 Å². The van der Waals surface area contributed by atoms with Crippen LogP contribution in [0.15, 0.2) is 40.9 Å². The smallest absolute Gasteiger partial charge is 0.255 e. The molecule has 0 bridgehead atoms. The summed E-state index contributed by atoms with van der Waals surface area (Å²) in [7, 11) is 3.41. The molecule has 0 atom stereocenters. The second kappa shape index (κ2) is 6.37. The molecule has 0 radical (unpaired) electrons. The lowest BCUT2D eigenvalue weighted by molar-refractivity contribution is 0.0828. The van der Waals surface area contributed by atoms with E-state index in [1.54, 1.807) is 38.4 Å². The van der Waals surface area contributed by atoms with Crippen LogP contribution in [-0.2, 0) is 0 Å². The van der Waals surface area contributed by atoms with Crippen molar-refractivity contribution in [2.45, 2.75) is 0 Å². The van der Waals surface area contributed by atoms with E-state index in [1.165, 1.54) is 4.90 Å². The van der Waals surface area contributed by atoms with E-state index in [2.05, 4.69) is 21.2 Å². The lowest BCUT2D eigenvalue weighted by Gasteiger charge is -2.16. The minimum Gasteiger partial charge on any atom is -0.399 e. The molecule has 2 aromatic rings.